The third-order valence-electron chi connectivity index (χ3n) is 5.97. The summed E-state index contributed by atoms with van der Waals surface area (Å²) < 4.78 is 80.4. The van der Waals surface area contributed by atoms with E-state index in [0.717, 1.165) is 45.4 Å². The van der Waals surface area contributed by atoms with Crippen molar-refractivity contribution >= 4 is 11.8 Å². The van der Waals surface area contributed by atoms with Gasteiger partial charge in [-0.25, -0.2) is 9.38 Å². The third kappa shape index (κ3) is 4.11. The van der Waals surface area contributed by atoms with Crippen molar-refractivity contribution in [2.24, 2.45) is 16.6 Å². The Morgan fingerprint density at radius 3 is 2.47 bits per heavy atom. The van der Waals surface area contributed by atoms with Gasteiger partial charge in [-0.1, -0.05) is 13.0 Å². The van der Waals surface area contributed by atoms with E-state index in [2.05, 4.69) is 4.99 Å². The predicted octanol–water partition coefficient (Wildman–Crippen LogP) is 2.68. The van der Waals surface area contributed by atoms with Crippen molar-refractivity contribution < 1.29 is 46.2 Å². The van der Waals surface area contributed by atoms with E-state index in [0.29, 0.717) is 10.8 Å². The van der Waals surface area contributed by atoms with E-state index in [1.54, 1.807) is 0 Å². The number of amides is 2. The second kappa shape index (κ2) is 8.70. The normalized spacial score (nSPS) is 25.4. The van der Waals surface area contributed by atoms with Crippen molar-refractivity contribution in [3.05, 3.63) is 58.7 Å². The highest BCUT2D eigenvalue weighted by Crippen LogP contribution is 2.55. The van der Waals surface area contributed by atoms with Crippen molar-refractivity contribution in [2.75, 3.05) is 7.11 Å². The Bertz CT molecular complexity index is 1210. The second-order valence-corrected chi connectivity index (χ2v) is 7.87. The molecule has 1 aliphatic heterocycles. The zero-order chi connectivity index (χ0) is 25.6. The molecule has 0 radical (unpaired) electrons. The lowest BCUT2D eigenvalue weighted by Gasteiger charge is -2.32. The summed E-state index contributed by atoms with van der Waals surface area (Å²) in [6, 6.07) is 3.76. The first kappa shape index (κ1) is 25.1. The molecule has 0 bridgehead atoms. The Kier molecular flexibility index (Phi) is 6.44. The number of carbonyl (C=O) groups is 2. The number of aromatic nitrogens is 1. The molecular weight excluding hydrogens is 469 g/mol. The van der Waals surface area contributed by atoms with Gasteiger partial charge in [-0.2, -0.15) is 22.3 Å². The van der Waals surface area contributed by atoms with Crippen LogP contribution in [-0.2, 0) is 9.53 Å². The summed E-state index contributed by atoms with van der Waals surface area (Å²) in [5.74, 6) is -8.53. The number of methoxy groups -OCH3 is 1. The van der Waals surface area contributed by atoms with Gasteiger partial charge in [0.2, 0.25) is 5.82 Å². The van der Waals surface area contributed by atoms with Gasteiger partial charge >= 0.3 is 6.18 Å². The molecular formula is C21H20F5N3O5. The first-order valence-electron chi connectivity index (χ1n) is 9.79. The highest BCUT2D eigenvalue weighted by Gasteiger charge is 2.65. The molecule has 1 fully saturated rings. The van der Waals surface area contributed by atoms with Crippen molar-refractivity contribution in [3.63, 3.8) is 0 Å². The molecule has 3 rings (SSSR count). The van der Waals surface area contributed by atoms with Crippen molar-refractivity contribution in [1.29, 1.82) is 0 Å². The number of nitrogens with zero attached hydrogens (tertiary/aromatic N) is 2. The summed E-state index contributed by atoms with van der Waals surface area (Å²) in [6.07, 6.45) is -5.86. The third-order valence-corrected chi connectivity index (χ3v) is 5.97. The fourth-order valence-electron chi connectivity index (χ4n) is 3.95. The maximum atomic E-state index is 14.4. The zero-order valence-electron chi connectivity index (χ0n) is 18.1. The highest BCUT2D eigenvalue weighted by molar-refractivity contribution is 5.91. The van der Waals surface area contributed by atoms with Crippen LogP contribution in [0.25, 0.3) is 0 Å². The van der Waals surface area contributed by atoms with E-state index < -0.39 is 64.6 Å². The molecule has 34 heavy (non-hydrogen) atoms. The molecule has 0 aliphatic carbocycles. The Morgan fingerprint density at radius 1 is 1.26 bits per heavy atom. The van der Waals surface area contributed by atoms with Crippen LogP contribution in [0.3, 0.4) is 0 Å². The lowest BCUT2D eigenvalue weighted by molar-refractivity contribution is -0.272. The summed E-state index contributed by atoms with van der Waals surface area (Å²) in [6.45, 7) is 1.90. The molecule has 0 spiro atoms. The maximum absolute atomic E-state index is 14.4. The van der Waals surface area contributed by atoms with E-state index >= 15 is 0 Å². The van der Waals surface area contributed by atoms with Crippen LogP contribution in [0.1, 0.15) is 35.8 Å². The Labute approximate surface area is 189 Å². The summed E-state index contributed by atoms with van der Waals surface area (Å²) in [5, 5.41) is 9.39. The van der Waals surface area contributed by atoms with Crippen LogP contribution >= 0.6 is 0 Å². The van der Waals surface area contributed by atoms with Gasteiger partial charge in [-0.3, -0.25) is 9.59 Å². The van der Waals surface area contributed by atoms with Crippen molar-refractivity contribution in [3.8, 4) is 5.75 Å². The van der Waals surface area contributed by atoms with Crippen LogP contribution in [0.5, 0.6) is 5.75 Å². The standard InChI is InChI=1S/C21H20F5N3O5/c1-9-14(11-4-5-12(22)15(23)16(11)33-3)17(34-20(9,2)21(24,25)26)19(31)28-10-6-7-29(32)13(8-10)18(27)30/h4-9,14,17,32H,1-3H3,(H2,27,30)/t9-,14-,17+,20-/m0/s1. The average Bonchev–Trinajstić information content (AvgIpc) is 3.03. The molecule has 2 amide bonds. The highest BCUT2D eigenvalue weighted by atomic mass is 19.4. The Morgan fingerprint density at radius 2 is 1.91 bits per heavy atom. The van der Waals surface area contributed by atoms with Crippen LogP contribution in [0.2, 0.25) is 0 Å². The number of halogens is 5. The molecule has 8 nitrogen and oxygen atoms in total. The summed E-state index contributed by atoms with van der Waals surface area (Å²) in [5.41, 5.74) is 1.61. The molecule has 13 heteroatoms. The molecule has 1 aromatic heterocycles. The summed E-state index contributed by atoms with van der Waals surface area (Å²) in [4.78, 5) is 28.1. The number of primary amides is 1. The Balaban J connectivity index is 2.18. The minimum Gasteiger partial charge on any atom is -0.493 e. The van der Waals surface area contributed by atoms with Gasteiger partial charge < -0.3 is 20.4 Å². The molecule has 4 atom stereocenters. The largest absolute Gasteiger partial charge is 0.493 e. The zero-order valence-corrected chi connectivity index (χ0v) is 18.1. The van der Waals surface area contributed by atoms with Gasteiger partial charge in [0, 0.05) is 23.6 Å². The second-order valence-electron chi connectivity index (χ2n) is 7.87. The number of hydrogen-bond donors (Lipinski definition) is 2. The number of pyridine rings is 1. The molecule has 2 heterocycles. The fourth-order valence-corrected chi connectivity index (χ4v) is 3.95. The van der Waals surface area contributed by atoms with Gasteiger partial charge in [-0.05, 0) is 25.1 Å². The average molecular weight is 489 g/mol. The quantitative estimate of drug-likeness (QED) is 0.506. The van der Waals surface area contributed by atoms with E-state index in [-0.39, 0.29) is 10.9 Å². The predicted molar refractivity (Wildman–Crippen MR) is 105 cm³/mol. The topological polar surface area (TPSA) is 116 Å². The first-order chi connectivity index (χ1) is 15.7. The molecule has 2 aromatic rings. The van der Waals surface area contributed by atoms with Gasteiger partial charge in [0.25, 0.3) is 11.8 Å². The number of hydrogen-bond acceptors (Lipinski definition) is 5. The fraction of sp³-hybridized carbons (Fsp3) is 0.381. The van der Waals surface area contributed by atoms with Gasteiger partial charge in [0.15, 0.2) is 17.2 Å². The summed E-state index contributed by atoms with van der Waals surface area (Å²) >= 11 is 0. The lowest BCUT2D eigenvalue weighted by atomic mass is 9.77. The van der Waals surface area contributed by atoms with E-state index in [9.17, 15) is 36.7 Å². The van der Waals surface area contributed by atoms with Crippen molar-refractivity contribution in [1.82, 2.24) is 4.73 Å². The van der Waals surface area contributed by atoms with Crippen LogP contribution < -0.4 is 15.8 Å². The van der Waals surface area contributed by atoms with E-state index in [1.165, 1.54) is 0 Å². The SMILES string of the molecule is COc1c([C@H]2[C@H](C(=O)N=c3ccn(O)c(C(N)=O)c3)O[C@](C)(C(F)(F)F)[C@H]2C)ccc(F)c1F. The molecule has 184 valence electrons. The molecule has 0 saturated carbocycles. The molecule has 1 aliphatic rings. The minimum atomic E-state index is -4.93. The molecule has 1 aromatic carbocycles. The number of ether oxygens (including phenoxy) is 2. The van der Waals surface area contributed by atoms with Gasteiger partial charge in [0.05, 0.1) is 12.5 Å². The first-order valence-corrected chi connectivity index (χ1v) is 9.79. The van der Waals surface area contributed by atoms with Crippen LogP contribution in [0.15, 0.2) is 35.5 Å². The minimum absolute atomic E-state index is 0.211. The molecule has 0 unspecified atom stereocenters. The van der Waals surface area contributed by atoms with Gasteiger partial charge in [0.1, 0.15) is 11.8 Å². The summed E-state index contributed by atoms with van der Waals surface area (Å²) in [7, 11) is 1.01. The number of nitrogens with two attached hydrogens (primary N) is 1. The molecule has 1 saturated heterocycles. The number of alkyl halides is 3. The molecule has 3 N–H and O–H groups in total. The lowest BCUT2D eigenvalue weighted by Crippen LogP contribution is -2.47. The monoisotopic (exact) mass is 489 g/mol. The maximum Gasteiger partial charge on any atom is 0.417 e. The number of rotatable bonds is 4. The number of benzene rings is 1. The van der Waals surface area contributed by atoms with Gasteiger partial charge in [-0.15, -0.1) is 0 Å². The number of carbonyl (C=O) groups excluding carboxylic acids is 2. The Hall–Kier alpha value is -3.48. The van der Waals surface area contributed by atoms with E-state index in [4.69, 9.17) is 15.2 Å². The van der Waals surface area contributed by atoms with E-state index in [1.807, 2.05) is 0 Å². The van der Waals surface area contributed by atoms with Crippen molar-refractivity contribution in [2.45, 2.75) is 37.6 Å². The van der Waals surface area contributed by atoms with Crippen LogP contribution in [-0.4, -0.2) is 46.7 Å². The van der Waals surface area contributed by atoms with Crippen LogP contribution in [0.4, 0.5) is 22.0 Å². The van der Waals surface area contributed by atoms with Crippen LogP contribution in [0, 0.1) is 17.6 Å². The smallest absolute Gasteiger partial charge is 0.417 e.